The van der Waals surface area contributed by atoms with Gasteiger partial charge in [-0.1, -0.05) is 0 Å². The van der Waals surface area contributed by atoms with E-state index in [1.54, 1.807) is 13.8 Å². The van der Waals surface area contributed by atoms with Crippen LogP contribution in [0.25, 0.3) is 0 Å². The zero-order chi connectivity index (χ0) is 14.0. The van der Waals surface area contributed by atoms with Crippen LogP contribution in [0.15, 0.2) is 6.07 Å². The van der Waals surface area contributed by atoms with Gasteiger partial charge in [-0.3, -0.25) is 0 Å². The first-order valence-electron chi connectivity index (χ1n) is 6.40. The number of phenols is 2. The normalized spacial score (nSPS) is 18.5. The molecule has 5 heteroatoms. The molecule has 1 aromatic rings. The molecule has 2 N–H and O–H groups in total. The second-order valence-corrected chi connectivity index (χ2v) is 4.57. The molecule has 1 heterocycles. The lowest BCUT2D eigenvalue weighted by molar-refractivity contribution is 0.0520. The number of rotatable bonds is 3. The van der Waals surface area contributed by atoms with Crippen molar-refractivity contribution in [3.8, 4) is 11.5 Å². The summed E-state index contributed by atoms with van der Waals surface area (Å²) in [5, 5.41) is 20.2. The summed E-state index contributed by atoms with van der Waals surface area (Å²) in [6.45, 7) is 4.16. The minimum atomic E-state index is -0.586. The van der Waals surface area contributed by atoms with Crippen LogP contribution in [0.2, 0.25) is 0 Å². The van der Waals surface area contributed by atoms with Crippen LogP contribution in [0, 0.1) is 6.92 Å². The fourth-order valence-electron chi connectivity index (χ4n) is 2.38. The maximum Gasteiger partial charge on any atom is 0.342 e. The van der Waals surface area contributed by atoms with Gasteiger partial charge < -0.3 is 19.7 Å². The fourth-order valence-corrected chi connectivity index (χ4v) is 2.38. The van der Waals surface area contributed by atoms with E-state index in [2.05, 4.69) is 0 Å². The van der Waals surface area contributed by atoms with Crippen LogP contribution in [0.4, 0.5) is 0 Å². The molecule has 19 heavy (non-hydrogen) atoms. The van der Waals surface area contributed by atoms with E-state index in [4.69, 9.17) is 9.47 Å². The Morgan fingerprint density at radius 3 is 2.84 bits per heavy atom. The van der Waals surface area contributed by atoms with Gasteiger partial charge in [0, 0.05) is 6.61 Å². The van der Waals surface area contributed by atoms with Gasteiger partial charge in [0.15, 0.2) is 0 Å². The molecule has 2 rings (SSSR count). The van der Waals surface area contributed by atoms with E-state index in [1.165, 1.54) is 6.07 Å². The maximum atomic E-state index is 11.9. The molecular weight excluding hydrogens is 248 g/mol. The third kappa shape index (κ3) is 2.51. The van der Waals surface area contributed by atoms with Crippen molar-refractivity contribution in [1.29, 1.82) is 0 Å². The molecule has 0 aliphatic carbocycles. The van der Waals surface area contributed by atoms with E-state index in [0.717, 1.165) is 6.42 Å². The van der Waals surface area contributed by atoms with Crippen molar-refractivity contribution in [3.05, 3.63) is 22.8 Å². The summed E-state index contributed by atoms with van der Waals surface area (Å²) in [5.41, 5.74) is 0.867. The minimum absolute atomic E-state index is 0.0463. The van der Waals surface area contributed by atoms with E-state index in [0.29, 0.717) is 18.6 Å². The van der Waals surface area contributed by atoms with Gasteiger partial charge >= 0.3 is 5.97 Å². The molecule has 0 radical (unpaired) electrons. The summed E-state index contributed by atoms with van der Waals surface area (Å²) in [4.78, 5) is 11.9. The number of hydrogen-bond donors (Lipinski definition) is 2. The van der Waals surface area contributed by atoms with Crippen molar-refractivity contribution in [3.63, 3.8) is 0 Å². The van der Waals surface area contributed by atoms with Crippen molar-refractivity contribution in [2.24, 2.45) is 0 Å². The minimum Gasteiger partial charge on any atom is -0.507 e. The van der Waals surface area contributed by atoms with Crippen LogP contribution < -0.4 is 0 Å². The molecular formula is C14H18O5. The lowest BCUT2D eigenvalue weighted by atomic mass is 9.97. The highest BCUT2D eigenvalue weighted by Crippen LogP contribution is 2.43. The van der Waals surface area contributed by atoms with Gasteiger partial charge in [0.25, 0.3) is 0 Å². The van der Waals surface area contributed by atoms with Gasteiger partial charge in [-0.15, -0.1) is 0 Å². The smallest absolute Gasteiger partial charge is 0.342 e. The number of aryl methyl sites for hydroxylation is 1. The van der Waals surface area contributed by atoms with E-state index < -0.39 is 5.97 Å². The third-order valence-electron chi connectivity index (χ3n) is 3.25. The first-order valence-corrected chi connectivity index (χ1v) is 6.40. The highest BCUT2D eigenvalue weighted by Gasteiger charge is 2.29. The Labute approximate surface area is 111 Å². The van der Waals surface area contributed by atoms with Crippen LogP contribution in [-0.2, 0) is 9.47 Å². The molecule has 1 aliphatic heterocycles. The number of benzene rings is 1. The van der Waals surface area contributed by atoms with Gasteiger partial charge in [-0.05, 0) is 38.3 Å². The molecule has 1 aromatic carbocycles. The van der Waals surface area contributed by atoms with Gasteiger partial charge in [-0.25, -0.2) is 4.79 Å². The Hall–Kier alpha value is -1.75. The van der Waals surface area contributed by atoms with Crippen LogP contribution in [0.3, 0.4) is 0 Å². The van der Waals surface area contributed by atoms with E-state index in [9.17, 15) is 15.0 Å². The Balaban J connectivity index is 2.49. The van der Waals surface area contributed by atoms with Crippen LogP contribution in [0.1, 0.15) is 47.4 Å². The predicted octanol–water partition coefficient (Wildman–Crippen LogP) is 2.43. The number of hydrogen-bond acceptors (Lipinski definition) is 5. The number of ether oxygens (including phenoxy) is 2. The van der Waals surface area contributed by atoms with Crippen molar-refractivity contribution in [2.45, 2.75) is 32.8 Å². The fraction of sp³-hybridized carbons (Fsp3) is 0.500. The monoisotopic (exact) mass is 266 g/mol. The van der Waals surface area contributed by atoms with Crippen molar-refractivity contribution >= 4 is 5.97 Å². The number of carbonyl (C=O) groups is 1. The highest BCUT2D eigenvalue weighted by molar-refractivity contribution is 5.95. The molecule has 1 unspecified atom stereocenters. The third-order valence-corrected chi connectivity index (χ3v) is 3.25. The average molecular weight is 266 g/mol. The topological polar surface area (TPSA) is 76.0 Å². The van der Waals surface area contributed by atoms with E-state index in [-0.39, 0.29) is 35.3 Å². The van der Waals surface area contributed by atoms with Crippen molar-refractivity contribution in [2.75, 3.05) is 13.2 Å². The largest absolute Gasteiger partial charge is 0.507 e. The standard InChI is InChI=1S/C14H18O5/c1-3-18-14(17)11-8(2)7-9(15)12(13(11)16)10-5-4-6-19-10/h7,10,15-16H,3-6H2,1-2H3. The van der Waals surface area contributed by atoms with Gasteiger partial charge in [0.1, 0.15) is 17.1 Å². The summed E-state index contributed by atoms with van der Waals surface area (Å²) in [7, 11) is 0. The van der Waals surface area contributed by atoms with Crippen molar-refractivity contribution in [1.82, 2.24) is 0 Å². The van der Waals surface area contributed by atoms with Gasteiger partial charge in [0.2, 0.25) is 0 Å². The molecule has 0 amide bonds. The molecule has 1 saturated heterocycles. The number of carbonyl (C=O) groups excluding carboxylic acids is 1. The summed E-state index contributed by atoms with van der Waals surface area (Å²) in [5.74, 6) is -0.866. The molecule has 0 bridgehead atoms. The number of aromatic hydroxyl groups is 2. The molecule has 104 valence electrons. The summed E-state index contributed by atoms with van der Waals surface area (Å²) >= 11 is 0. The summed E-state index contributed by atoms with van der Waals surface area (Å²) in [6.07, 6.45) is 1.22. The van der Waals surface area contributed by atoms with Gasteiger partial charge in [0.05, 0.1) is 18.3 Å². The Bertz CT molecular complexity index is 489. The second-order valence-electron chi connectivity index (χ2n) is 4.57. The molecule has 1 atom stereocenters. The van der Waals surface area contributed by atoms with Crippen molar-refractivity contribution < 1.29 is 24.5 Å². The zero-order valence-electron chi connectivity index (χ0n) is 11.1. The van der Waals surface area contributed by atoms with Crippen LogP contribution in [0.5, 0.6) is 11.5 Å². The molecule has 0 spiro atoms. The first kappa shape index (κ1) is 13.7. The van der Waals surface area contributed by atoms with E-state index >= 15 is 0 Å². The average Bonchev–Trinajstić information content (AvgIpc) is 2.82. The molecule has 5 nitrogen and oxygen atoms in total. The van der Waals surface area contributed by atoms with E-state index in [1.807, 2.05) is 0 Å². The Morgan fingerprint density at radius 1 is 1.53 bits per heavy atom. The number of phenolic OH excluding ortho intramolecular Hbond substituents is 2. The first-order chi connectivity index (χ1) is 9.06. The predicted molar refractivity (Wildman–Crippen MR) is 68.4 cm³/mol. The maximum absolute atomic E-state index is 11.9. The van der Waals surface area contributed by atoms with Crippen LogP contribution in [-0.4, -0.2) is 29.4 Å². The van der Waals surface area contributed by atoms with Crippen LogP contribution >= 0.6 is 0 Å². The second kappa shape index (κ2) is 5.48. The number of esters is 1. The lowest BCUT2D eigenvalue weighted by Crippen LogP contribution is -2.09. The summed E-state index contributed by atoms with van der Waals surface area (Å²) < 4.78 is 10.4. The highest BCUT2D eigenvalue weighted by atomic mass is 16.5. The summed E-state index contributed by atoms with van der Waals surface area (Å²) in [6, 6.07) is 1.46. The SMILES string of the molecule is CCOC(=O)c1c(C)cc(O)c(C2CCCO2)c1O. The van der Waals surface area contributed by atoms with Gasteiger partial charge in [-0.2, -0.15) is 0 Å². The lowest BCUT2D eigenvalue weighted by Gasteiger charge is -2.17. The quantitative estimate of drug-likeness (QED) is 0.822. The Morgan fingerprint density at radius 2 is 2.26 bits per heavy atom. The molecule has 1 fully saturated rings. The molecule has 1 aliphatic rings. The molecule has 0 saturated carbocycles. The zero-order valence-corrected chi connectivity index (χ0v) is 11.1. The molecule has 0 aromatic heterocycles. The Kier molecular flexibility index (Phi) is 3.95.